The number of ether oxygens (including phenoxy) is 1. The first-order chi connectivity index (χ1) is 15.1. The molecule has 32 heavy (non-hydrogen) atoms. The lowest BCUT2D eigenvalue weighted by Crippen LogP contribution is -2.48. The van der Waals surface area contributed by atoms with Gasteiger partial charge in [0.1, 0.15) is 18.1 Å². The van der Waals surface area contributed by atoms with Gasteiger partial charge in [0.15, 0.2) is 11.8 Å². The summed E-state index contributed by atoms with van der Waals surface area (Å²) in [5.41, 5.74) is 1.16. The molecule has 1 saturated carbocycles. The van der Waals surface area contributed by atoms with Crippen LogP contribution in [0.3, 0.4) is 0 Å². The van der Waals surface area contributed by atoms with Crippen LogP contribution in [0, 0.1) is 6.92 Å². The first-order valence-corrected chi connectivity index (χ1v) is 11.4. The number of hydrogen-bond donors (Lipinski definition) is 2. The van der Waals surface area contributed by atoms with Crippen molar-refractivity contribution in [1.82, 2.24) is 25.4 Å². The maximum absolute atomic E-state index is 5.56. The number of benzene rings is 1. The van der Waals surface area contributed by atoms with E-state index in [9.17, 15) is 0 Å². The number of nitrogens with zero attached hydrogens (tertiary/aromatic N) is 5. The highest BCUT2D eigenvalue weighted by Gasteiger charge is 2.26. The molecule has 2 fully saturated rings. The number of anilines is 1. The van der Waals surface area contributed by atoms with E-state index < -0.39 is 0 Å². The quantitative estimate of drug-likeness (QED) is 0.325. The third-order valence-electron chi connectivity index (χ3n) is 6.46. The highest BCUT2D eigenvalue weighted by atomic mass is 127. The van der Waals surface area contributed by atoms with Gasteiger partial charge in [0.2, 0.25) is 0 Å². The Kier molecular flexibility index (Phi) is 9.01. The van der Waals surface area contributed by atoms with Gasteiger partial charge in [-0.3, -0.25) is 0 Å². The van der Waals surface area contributed by atoms with Crippen LogP contribution < -0.4 is 20.3 Å². The number of aromatic nitrogens is 3. The van der Waals surface area contributed by atoms with E-state index in [0.29, 0.717) is 18.6 Å². The fraction of sp³-hybridized carbons (Fsp3) is 0.609. The maximum Gasteiger partial charge on any atom is 0.192 e. The fourth-order valence-corrected chi connectivity index (χ4v) is 4.49. The van der Waals surface area contributed by atoms with Crippen molar-refractivity contribution in [3.63, 3.8) is 0 Å². The van der Waals surface area contributed by atoms with E-state index in [1.807, 2.05) is 30.7 Å². The summed E-state index contributed by atoms with van der Waals surface area (Å²) >= 11 is 0. The molecule has 1 unspecified atom stereocenters. The normalized spacial score (nSPS) is 19.5. The van der Waals surface area contributed by atoms with E-state index >= 15 is 0 Å². The summed E-state index contributed by atoms with van der Waals surface area (Å²) in [6.07, 6.45) is 7.40. The monoisotopic (exact) mass is 553 g/mol. The van der Waals surface area contributed by atoms with Crippen LogP contribution >= 0.6 is 24.0 Å². The van der Waals surface area contributed by atoms with Crippen molar-refractivity contribution in [2.24, 2.45) is 12.0 Å². The standard InChI is InChI=1S/C23H35N7O.HI/c1-17-27-28-22(29(17)2)15-24-23(25-18-9-5-4-6-10-18)26-19-13-14-30(16-19)20-11-7-8-12-21(20)31-3;/h7-8,11-12,18-19H,4-6,9-10,13-16H2,1-3H3,(H2,24,25,26);1H. The number of aliphatic imine (C=N–C) groups is 1. The Morgan fingerprint density at radius 3 is 2.56 bits per heavy atom. The molecule has 1 aromatic heterocycles. The summed E-state index contributed by atoms with van der Waals surface area (Å²) in [6, 6.07) is 9.07. The number of hydrogen-bond acceptors (Lipinski definition) is 5. The van der Waals surface area contributed by atoms with Crippen molar-refractivity contribution in [3.8, 4) is 5.75 Å². The lowest BCUT2D eigenvalue weighted by atomic mass is 9.96. The van der Waals surface area contributed by atoms with Crippen molar-refractivity contribution in [2.45, 2.75) is 64.1 Å². The molecule has 0 amide bonds. The van der Waals surface area contributed by atoms with Crippen LogP contribution in [0.25, 0.3) is 0 Å². The molecule has 2 aromatic rings. The second-order valence-corrected chi connectivity index (χ2v) is 8.61. The predicted octanol–water partition coefficient (Wildman–Crippen LogP) is 3.40. The number of methoxy groups -OCH3 is 1. The summed E-state index contributed by atoms with van der Waals surface area (Å²) in [4.78, 5) is 7.27. The first-order valence-electron chi connectivity index (χ1n) is 11.4. The molecular weight excluding hydrogens is 517 g/mol. The highest BCUT2D eigenvalue weighted by molar-refractivity contribution is 14.0. The van der Waals surface area contributed by atoms with Crippen LogP contribution in [0.15, 0.2) is 29.3 Å². The molecule has 176 valence electrons. The topological polar surface area (TPSA) is 79.6 Å². The van der Waals surface area contributed by atoms with Gasteiger partial charge in [0.05, 0.1) is 12.8 Å². The van der Waals surface area contributed by atoms with Gasteiger partial charge in [0, 0.05) is 32.2 Å². The molecule has 2 aliphatic rings. The second-order valence-electron chi connectivity index (χ2n) is 8.61. The number of guanidine groups is 1. The largest absolute Gasteiger partial charge is 0.495 e. The third-order valence-corrected chi connectivity index (χ3v) is 6.46. The molecule has 4 rings (SSSR count). The number of halogens is 1. The number of aryl methyl sites for hydroxylation is 1. The fourth-order valence-electron chi connectivity index (χ4n) is 4.49. The van der Waals surface area contributed by atoms with Gasteiger partial charge >= 0.3 is 0 Å². The van der Waals surface area contributed by atoms with E-state index in [4.69, 9.17) is 9.73 Å². The average Bonchev–Trinajstić information content (AvgIpc) is 3.39. The minimum absolute atomic E-state index is 0. The van der Waals surface area contributed by atoms with Crippen LogP contribution in [0.2, 0.25) is 0 Å². The summed E-state index contributed by atoms with van der Waals surface area (Å²) in [5.74, 6) is 3.60. The SMILES string of the molecule is COc1ccccc1N1CCC(NC(=NCc2nnc(C)n2C)NC2CCCCC2)C1.I. The van der Waals surface area contributed by atoms with E-state index in [0.717, 1.165) is 48.6 Å². The molecule has 0 spiro atoms. The zero-order valence-corrected chi connectivity index (χ0v) is 21.7. The number of nitrogens with one attached hydrogen (secondary N) is 2. The number of para-hydroxylation sites is 2. The maximum atomic E-state index is 5.56. The molecule has 8 nitrogen and oxygen atoms in total. The minimum atomic E-state index is 0. The van der Waals surface area contributed by atoms with Gasteiger partial charge in [0.25, 0.3) is 0 Å². The third kappa shape index (κ3) is 6.05. The van der Waals surface area contributed by atoms with Gasteiger partial charge in [-0.1, -0.05) is 31.4 Å². The summed E-state index contributed by atoms with van der Waals surface area (Å²) in [7, 11) is 3.72. The Balaban J connectivity index is 0.00000289. The van der Waals surface area contributed by atoms with Crippen LogP contribution in [0.1, 0.15) is 50.2 Å². The molecule has 0 bridgehead atoms. The van der Waals surface area contributed by atoms with Gasteiger partial charge in [-0.25, -0.2) is 4.99 Å². The van der Waals surface area contributed by atoms with Crippen LogP contribution in [0.5, 0.6) is 5.75 Å². The van der Waals surface area contributed by atoms with E-state index in [-0.39, 0.29) is 24.0 Å². The predicted molar refractivity (Wildman–Crippen MR) is 139 cm³/mol. The van der Waals surface area contributed by atoms with Crippen molar-refractivity contribution >= 4 is 35.6 Å². The molecular formula is C23H36IN7O. The Morgan fingerprint density at radius 1 is 1.09 bits per heavy atom. The molecule has 2 N–H and O–H groups in total. The Labute approximate surface area is 208 Å². The van der Waals surface area contributed by atoms with E-state index in [1.54, 1.807) is 7.11 Å². The summed E-state index contributed by atoms with van der Waals surface area (Å²) in [5, 5.41) is 15.8. The zero-order valence-electron chi connectivity index (χ0n) is 19.4. The zero-order chi connectivity index (χ0) is 21.6. The first kappa shape index (κ1) is 24.6. The molecule has 1 saturated heterocycles. The lowest BCUT2D eigenvalue weighted by Gasteiger charge is -2.27. The smallest absolute Gasteiger partial charge is 0.192 e. The van der Waals surface area contributed by atoms with Crippen LogP contribution in [-0.2, 0) is 13.6 Å². The highest BCUT2D eigenvalue weighted by Crippen LogP contribution is 2.30. The molecule has 1 aromatic carbocycles. The van der Waals surface area contributed by atoms with Crippen LogP contribution in [-0.4, -0.2) is 53.0 Å². The number of rotatable bonds is 6. The lowest BCUT2D eigenvalue weighted by molar-refractivity contribution is 0.408. The van der Waals surface area contributed by atoms with E-state index in [1.165, 1.54) is 32.1 Å². The minimum Gasteiger partial charge on any atom is -0.495 e. The Hall–Kier alpha value is -2.04. The summed E-state index contributed by atoms with van der Waals surface area (Å²) < 4.78 is 7.56. The molecule has 1 aliphatic carbocycles. The van der Waals surface area contributed by atoms with Crippen molar-refractivity contribution in [2.75, 3.05) is 25.1 Å². The second kappa shape index (κ2) is 11.7. The molecule has 1 atom stereocenters. The van der Waals surface area contributed by atoms with Gasteiger partial charge in [-0.15, -0.1) is 34.2 Å². The summed E-state index contributed by atoms with van der Waals surface area (Å²) in [6.45, 7) is 4.40. The van der Waals surface area contributed by atoms with E-state index in [2.05, 4.69) is 37.9 Å². The Bertz CT molecular complexity index is 894. The van der Waals surface area contributed by atoms with Gasteiger partial charge in [-0.05, 0) is 38.3 Å². The molecule has 1 aliphatic heterocycles. The van der Waals surface area contributed by atoms with Gasteiger partial charge < -0.3 is 24.8 Å². The van der Waals surface area contributed by atoms with Gasteiger partial charge in [-0.2, -0.15) is 0 Å². The van der Waals surface area contributed by atoms with Crippen LogP contribution in [0.4, 0.5) is 5.69 Å². The van der Waals surface area contributed by atoms with Crippen molar-refractivity contribution in [3.05, 3.63) is 35.9 Å². The molecule has 0 radical (unpaired) electrons. The van der Waals surface area contributed by atoms with Crippen molar-refractivity contribution in [1.29, 1.82) is 0 Å². The molecule has 9 heteroatoms. The average molecular weight is 553 g/mol. The molecule has 2 heterocycles. The Morgan fingerprint density at radius 2 is 1.84 bits per heavy atom. The van der Waals surface area contributed by atoms with Crippen molar-refractivity contribution < 1.29 is 4.74 Å².